The summed E-state index contributed by atoms with van der Waals surface area (Å²) in [6, 6.07) is 15.3. The van der Waals surface area contributed by atoms with Crippen LogP contribution in [0.15, 0.2) is 53.4 Å². The first kappa shape index (κ1) is 18.3. The number of nitrogens with zero attached hydrogens (tertiary/aromatic N) is 3. The number of anilines is 1. The van der Waals surface area contributed by atoms with Crippen molar-refractivity contribution >= 4 is 15.7 Å². The summed E-state index contributed by atoms with van der Waals surface area (Å²) in [7, 11) is 0.0925. The Kier molecular flexibility index (Phi) is 4.84. The van der Waals surface area contributed by atoms with Gasteiger partial charge in [0.05, 0.1) is 12.0 Å². The van der Waals surface area contributed by atoms with E-state index in [1.165, 1.54) is 11.3 Å². The van der Waals surface area contributed by atoms with E-state index in [1.807, 2.05) is 0 Å². The smallest absolute Gasteiger partial charge is 0.243 e. The predicted octanol–water partition coefficient (Wildman–Crippen LogP) is 2.02. The van der Waals surface area contributed by atoms with E-state index in [1.54, 1.807) is 35.7 Å². The Labute approximate surface area is 161 Å². The molecule has 0 aromatic heterocycles. The van der Waals surface area contributed by atoms with E-state index in [4.69, 9.17) is 4.74 Å². The highest BCUT2D eigenvalue weighted by atomic mass is 32.2. The highest BCUT2D eigenvalue weighted by Gasteiger charge is 2.36. The molecule has 4 rings (SSSR count). The van der Waals surface area contributed by atoms with Crippen LogP contribution in [0, 0.1) is 0 Å². The molecule has 7 heteroatoms. The van der Waals surface area contributed by atoms with E-state index in [0.29, 0.717) is 23.7 Å². The van der Waals surface area contributed by atoms with Gasteiger partial charge in [-0.25, -0.2) is 8.42 Å². The van der Waals surface area contributed by atoms with Crippen LogP contribution in [-0.2, 0) is 16.6 Å². The number of benzene rings is 2. The molecule has 2 heterocycles. The number of fused-ring (bicyclic) bond motifs is 2. The van der Waals surface area contributed by atoms with Gasteiger partial charge in [-0.3, -0.25) is 4.90 Å². The van der Waals surface area contributed by atoms with Gasteiger partial charge in [0.25, 0.3) is 0 Å². The fourth-order valence-electron chi connectivity index (χ4n) is 4.02. The number of ether oxygens (including phenoxy) is 1. The normalized spacial score (nSPS) is 21.3. The van der Waals surface area contributed by atoms with Gasteiger partial charge in [-0.1, -0.05) is 24.3 Å². The summed E-state index contributed by atoms with van der Waals surface area (Å²) in [5.41, 5.74) is 2.53. The molecule has 0 radical (unpaired) electrons. The van der Waals surface area contributed by atoms with E-state index >= 15 is 0 Å². The van der Waals surface area contributed by atoms with Crippen molar-refractivity contribution < 1.29 is 13.2 Å². The van der Waals surface area contributed by atoms with Crippen LogP contribution in [-0.4, -0.2) is 64.0 Å². The van der Waals surface area contributed by atoms with Crippen LogP contribution in [0.1, 0.15) is 5.56 Å². The Morgan fingerprint density at radius 1 is 1.04 bits per heavy atom. The van der Waals surface area contributed by atoms with Crippen molar-refractivity contribution in [1.82, 2.24) is 9.21 Å². The molecular weight excluding hydrogens is 362 g/mol. The number of hydrogen-bond donors (Lipinski definition) is 0. The molecule has 2 aromatic rings. The number of hydrogen-bond acceptors (Lipinski definition) is 5. The molecule has 144 valence electrons. The Hall–Kier alpha value is -2.09. The lowest BCUT2D eigenvalue weighted by molar-refractivity contribution is 0.118. The molecule has 1 atom stereocenters. The Balaban J connectivity index is 1.58. The lowest BCUT2D eigenvalue weighted by atomic mass is 10.1. The Bertz CT molecular complexity index is 932. The molecule has 0 N–H and O–H groups in total. The number of piperazine rings is 1. The molecule has 0 bridgehead atoms. The minimum Gasteiger partial charge on any atom is -0.497 e. The first-order chi connectivity index (χ1) is 13.0. The van der Waals surface area contributed by atoms with Crippen LogP contribution in [0.25, 0.3) is 0 Å². The highest BCUT2D eigenvalue weighted by molar-refractivity contribution is 7.89. The molecule has 0 amide bonds. The average molecular weight is 388 g/mol. The van der Waals surface area contributed by atoms with Crippen molar-refractivity contribution in [3.05, 3.63) is 54.1 Å². The molecule has 2 aromatic carbocycles. The first-order valence-electron chi connectivity index (χ1n) is 9.16. The number of rotatable bonds is 3. The zero-order chi connectivity index (χ0) is 19.0. The standard InChI is InChI=1S/C20H25N3O3S/c1-21-14-17-15-23(27(24,25)19-8-5-7-18(12-19)26-2)11-10-22(17)13-16-6-3-4-9-20(16)21/h3-9,12,17H,10-11,13-15H2,1-2H3. The molecule has 2 aliphatic heterocycles. The summed E-state index contributed by atoms with van der Waals surface area (Å²) in [6.45, 7) is 3.40. The minimum absolute atomic E-state index is 0.163. The van der Waals surface area contributed by atoms with Gasteiger partial charge >= 0.3 is 0 Å². The average Bonchev–Trinajstić information content (AvgIpc) is 2.83. The van der Waals surface area contributed by atoms with Gasteiger partial charge in [-0.2, -0.15) is 4.31 Å². The fraction of sp³-hybridized carbons (Fsp3) is 0.400. The zero-order valence-corrected chi connectivity index (χ0v) is 16.5. The van der Waals surface area contributed by atoms with Gasteiger partial charge in [-0.15, -0.1) is 0 Å². The summed E-state index contributed by atoms with van der Waals surface area (Å²) in [5, 5.41) is 0. The number of likely N-dealkylation sites (N-methyl/N-ethyl adjacent to an activating group) is 1. The van der Waals surface area contributed by atoms with Crippen molar-refractivity contribution in [2.24, 2.45) is 0 Å². The van der Waals surface area contributed by atoms with E-state index < -0.39 is 10.0 Å². The second-order valence-electron chi connectivity index (χ2n) is 7.18. The molecule has 0 spiro atoms. The second kappa shape index (κ2) is 7.14. The van der Waals surface area contributed by atoms with Gasteiger partial charge < -0.3 is 9.64 Å². The number of para-hydroxylation sites is 1. The molecular formula is C20H25N3O3S. The van der Waals surface area contributed by atoms with Crippen molar-refractivity contribution in [1.29, 1.82) is 0 Å². The molecule has 6 nitrogen and oxygen atoms in total. The minimum atomic E-state index is -3.53. The first-order valence-corrected chi connectivity index (χ1v) is 10.6. The third kappa shape index (κ3) is 3.42. The summed E-state index contributed by atoms with van der Waals surface area (Å²) < 4.78 is 33.1. The van der Waals surface area contributed by atoms with Crippen LogP contribution in [0.3, 0.4) is 0 Å². The summed E-state index contributed by atoms with van der Waals surface area (Å²) >= 11 is 0. The van der Waals surface area contributed by atoms with Crippen LogP contribution >= 0.6 is 0 Å². The Morgan fingerprint density at radius 3 is 2.67 bits per heavy atom. The maximum absolute atomic E-state index is 13.2. The third-order valence-corrected chi connectivity index (χ3v) is 7.37. The van der Waals surface area contributed by atoms with Crippen molar-refractivity contribution in [3.8, 4) is 5.75 Å². The van der Waals surface area contributed by atoms with Crippen molar-refractivity contribution in [3.63, 3.8) is 0 Å². The van der Waals surface area contributed by atoms with E-state index in [2.05, 4.69) is 41.1 Å². The highest BCUT2D eigenvalue weighted by Crippen LogP contribution is 2.29. The maximum Gasteiger partial charge on any atom is 0.243 e. The quantitative estimate of drug-likeness (QED) is 0.807. The number of methoxy groups -OCH3 is 1. The molecule has 1 saturated heterocycles. The van der Waals surface area contributed by atoms with Gasteiger partial charge in [0.1, 0.15) is 5.75 Å². The summed E-state index contributed by atoms with van der Waals surface area (Å²) in [4.78, 5) is 4.93. The van der Waals surface area contributed by atoms with Crippen molar-refractivity contribution in [2.75, 3.05) is 45.2 Å². The van der Waals surface area contributed by atoms with Crippen molar-refractivity contribution in [2.45, 2.75) is 17.5 Å². The molecule has 1 unspecified atom stereocenters. The van der Waals surface area contributed by atoms with Gasteiger partial charge in [0, 0.05) is 57.6 Å². The predicted molar refractivity (Wildman–Crippen MR) is 106 cm³/mol. The fourth-order valence-corrected chi connectivity index (χ4v) is 5.53. The second-order valence-corrected chi connectivity index (χ2v) is 9.11. The summed E-state index contributed by atoms with van der Waals surface area (Å²) in [5.74, 6) is 0.555. The monoisotopic (exact) mass is 387 g/mol. The van der Waals surface area contributed by atoms with E-state index in [0.717, 1.165) is 19.6 Å². The van der Waals surface area contributed by atoms with Gasteiger partial charge in [-0.05, 0) is 23.8 Å². The largest absolute Gasteiger partial charge is 0.497 e. The summed E-state index contributed by atoms with van der Waals surface area (Å²) in [6.07, 6.45) is 0. The number of sulfonamides is 1. The molecule has 0 saturated carbocycles. The van der Waals surface area contributed by atoms with Crippen LogP contribution in [0.2, 0.25) is 0 Å². The van der Waals surface area contributed by atoms with Crippen LogP contribution < -0.4 is 9.64 Å². The van der Waals surface area contributed by atoms with E-state index in [-0.39, 0.29) is 6.04 Å². The van der Waals surface area contributed by atoms with Gasteiger partial charge in [0.2, 0.25) is 10.0 Å². The maximum atomic E-state index is 13.2. The Morgan fingerprint density at radius 2 is 1.85 bits per heavy atom. The molecule has 27 heavy (non-hydrogen) atoms. The lowest BCUT2D eigenvalue weighted by Gasteiger charge is -2.40. The topological polar surface area (TPSA) is 53.1 Å². The SMILES string of the molecule is COc1cccc(S(=O)(=O)N2CCN3Cc4ccccc4N(C)CC3C2)c1. The third-order valence-electron chi connectivity index (χ3n) is 5.51. The zero-order valence-electron chi connectivity index (χ0n) is 15.7. The van der Waals surface area contributed by atoms with Crippen LogP contribution in [0.5, 0.6) is 5.75 Å². The molecule has 2 aliphatic rings. The lowest BCUT2D eigenvalue weighted by Crippen LogP contribution is -2.56. The molecule has 1 fully saturated rings. The van der Waals surface area contributed by atoms with E-state index in [9.17, 15) is 8.42 Å². The van der Waals surface area contributed by atoms with Gasteiger partial charge in [0.15, 0.2) is 0 Å². The van der Waals surface area contributed by atoms with Crippen LogP contribution in [0.4, 0.5) is 5.69 Å². The molecule has 0 aliphatic carbocycles.